The lowest BCUT2D eigenvalue weighted by molar-refractivity contribution is 0.475. The van der Waals surface area contributed by atoms with Gasteiger partial charge in [-0.25, -0.2) is 0 Å². The second-order valence-corrected chi connectivity index (χ2v) is 3.97. The fraction of sp³-hybridized carbons (Fsp3) is 0.143. The topological polar surface area (TPSA) is 20.2 Å². The van der Waals surface area contributed by atoms with Crippen LogP contribution in [0.4, 0.5) is 0 Å². The maximum absolute atomic E-state index is 9.14. The SMILES string of the molecule is CC.Oc1ccc(-c2ccc(Br)cc2)cc1. The molecule has 0 radical (unpaired) electrons. The highest BCUT2D eigenvalue weighted by Gasteiger charge is 1.96. The number of hydrogen-bond donors (Lipinski definition) is 1. The first-order valence-electron chi connectivity index (χ1n) is 5.31. The zero-order valence-electron chi connectivity index (χ0n) is 9.44. The first-order chi connectivity index (χ1) is 7.75. The van der Waals surface area contributed by atoms with Crippen LogP contribution in [0.2, 0.25) is 0 Å². The van der Waals surface area contributed by atoms with Gasteiger partial charge in [-0.05, 0) is 35.4 Å². The summed E-state index contributed by atoms with van der Waals surface area (Å²) in [5.74, 6) is 0.297. The molecule has 0 aliphatic heterocycles. The molecule has 0 fully saturated rings. The fourth-order valence-electron chi connectivity index (χ4n) is 1.30. The third-order valence-corrected chi connectivity index (χ3v) is 2.57. The van der Waals surface area contributed by atoms with E-state index in [0.29, 0.717) is 5.75 Å². The van der Waals surface area contributed by atoms with E-state index in [9.17, 15) is 0 Å². The third-order valence-electron chi connectivity index (χ3n) is 2.04. The van der Waals surface area contributed by atoms with Crippen LogP contribution in [0, 0.1) is 0 Å². The van der Waals surface area contributed by atoms with Crippen LogP contribution in [-0.2, 0) is 0 Å². The summed E-state index contributed by atoms with van der Waals surface area (Å²) in [6, 6.07) is 15.3. The van der Waals surface area contributed by atoms with Gasteiger partial charge in [-0.3, -0.25) is 0 Å². The van der Waals surface area contributed by atoms with E-state index in [2.05, 4.69) is 15.9 Å². The van der Waals surface area contributed by atoms with Crippen molar-refractivity contribution in [2.24, 2.45) is 0 Å². The quantitative estimate of drug-likeness (QED) is 0.791. The molecule has 0 aliphatic rings. The average molecular weight is 279 g/mol. The van der Waals surface area contributed by atoms with Gasteiger partial charge >= 0.3 is 0 Å². The molecular formula is C14H15BrO. The zero-order valence-corrected chi connectivity index (χ0v) is 11.0. The smallest absolute Gasteiger partial charge is 0.115 e. The molecule has 2 rings (SSSR count). The lowest BCUT2D eigenvalue weighted by atomic mass is 10.1. The molecule has 84 valence electrons. The van der Waals surface area contributed by atoms with Crippen molar-refractivity contribution in [3.63, 3.8) is 0 Å². The molecule has 1 nitrogen and oxygen atoms in total. The van der Waals surface area contributed by atoms with Gasteiger partial charge in [-0.15, -0.1) is 0 Å². The summed E-state index contributed by atoms with van der Waals surface area (Å²) >= 11 is 3.39. The summed E-state index contributed by atoms with van der Waals surface area (Å²) in [4.78, 5) is 0. The van der Waals surface area contributed by atoms with E-state index < -0.39 is 0 Å². The fourth-order valence-corrected chi connectivity index (χ4v) is 1.56. The minimum Gasteiger partial charge on any atom is -0.508 e. The first kappa shape index (κ1) is 12.8. The van der Waals surface area contributed by atoms with Crippen molar-refractivity contribution in [3.8, 4) is 16.9 Å². The minimum atomic E-state index is 0.297. The van der Waals surface area contributed by atoms with Crippen LogP contribution in [0.15, 0.2) is 53.0 Å². The molecule has 0 saturated heterocycles. The Hall–Kier alpha value is -1.28. The summed E-state index contributed by atoms with van der Waals surface area (Å²) in [7, 11) is 0. The van der Waals surface area contributed by atoms with Gasteiger partial charge in [0, 0.05) is 4.47 Å². The number of phenols is 1. The van der Waals surface area contributed by atoms with Gasteiger partial charge in [0.1, 0.15) is 5.75 Å². The Morgan fingerprint density at radius 1 is 0.750 bits per heavy atom. The van der Waals surface area contributed by atoms with E-state index in [1.165, 1.54) is 0 Å². The Bertz CT molecular complexity index is 374. The van der Waals surface area contributed by atoms with Crippen LogP contribution in [0.1, 0.15) is 13.8 Å². The number of benzene rings is 2. The molecule has 0 spiro atoms. The molecule has 0 aromatic heterocycles. The lowest BCUT2D eigenvalue weighted by Crippen LogP contribution is -1.76. The Balaban J connectivity index is 0.000000606. The summed E-state index contributed by atoms with van der Waals surface area (Å²) in [6.45, 7) is 4.00. The Morgan fingerprint density at radius 3 is 1.56 bits per heavy atom. The maximum Gasteiger partial charge on any atom is 0.115 e. The van der Waals surface area contributed by atoms with Crippen molar-refractivity contribution in [1.29, 1.82) is 0 Å². The number of halogens is 1. The highest BCUT2D eigenvalue weighted by Crippen LogP contribution is 2.23. The second kappa shape index (κ2) is 6.33. The van der Waals surface area contributed by atoms with E-state index in [1.54, 1.807) is 12.1 Å². The van der Waals surface area contributed by atoms with E-state index in [-0.39, 0.29) is 0 Å². The molecule has 0 amide bonds. The van der Waals surface area contributed by atoms with E-state index in [1.807, 2.05) is 50.2 Å². The molecule has 2 aromatic rings. The zero-order chi connectivity index (χ0) is 12.0. The van der Waals surface area contributed by atoms with Gasteiger partial charge in [0.15, 0.2) is 0 Å². The number of rotatable bonds is 1. The molecular weight excluding hydrogens is 264 g/mol. The maximum atomic E-state index is 9.14. The highest BCUT2D eigenvalue weighted by molar-refractivity contribution is 9.10. The standard InChI is InChI=1S/C12H9BrO.C2H6/c13-11-5-1-9(2-6-11)10-3-7-12(14)8-4-10;1-2/h1-8,14H;1-2H3. The molecule has 0 saturated carbocycles. The lowest BCUT2D eigenvalue weighted by Gasteiger charge is -2.01. The molecule has 1 N–H and O–H groups in total. The predicted octanol–water partition coefficient (Wildman–Crippen LogP) is 4.85. The Labute approximate surface area is 105 Å². The molecule has 0 atom stereocenters. The summed E-state index contributed by atoms with van der Waals surface area (Å²) in [5.41, 5.74) is 2.25. The van der Waals surface area contributed by atoms with Gasteiger partial charge in [0.05, 0.1) is 0 Å². The van der Waals surface area contributed by atoms with Crippen LogP contribution < -0.4 is 0 Å². The van der Waals surface area contributed by atoms with Crippen LogP contribution in [-0.4, -0.2) is 5.11 Å². The number of phenolic OH excluding ortho intramolecular Hbond substituents is 1. The monoisotopic (exact) mass is 278 g/mol. The third kappa shape index (κ3) is 3.38. The second-order valence-electron chi connectivity index (χ2n) is 3.05. The van der Waals surface area contributed by atoms with Crippen molar-refractivity contribution < 1.29 is 5.11 Å². The Morgan fingerprint density at radius 2 is 1.12 bits per heavy atom. The van der Waals surface area contributed by atoms with Gasteiger partial charge < -0.3 is 5.11 Å². The van der Waals surface area contributed by atoms with Crippen molar-refractivity contribution in [1.82, 2.24) is 0 Å². The molecule has 2 heteroatoms. The van der Waals surface area contributed by atoms with Crippen molar-refractivity contribution >= 4 is 15.9 Å². The van der Waals surface area contributed by atoms with Crippen molar-refractivity contribution in [3.05, 3.63) is 53.0 Å². The predicted molar refractivity (Wildman–Crippen MR) is 72.6 cm³/mol. The van der Waals surface area contributed by atoms with Crippen molar-refractivity contribution in [2.45, 2.75) is 13.8 Å². The summed E-state index contributed by atoms with van der Waals surface area (Å²) in [5, 5.41) is 9.14. The Kier molecular flexibility index (Phi) is 5.06. The summed E-state index contributed by atoms with van der Waals surface area (Å²) in [6.07, 6.45) is 0. The number of hydrogen-bond acceptors (Lipinski definition) is 1. The molecule has 2 aromatic carbocycles. The van der Waals surface area contributed by atoms with Gasteiger partial charge in [-0.2, -0.15) is 0 Å². The van der Waals surface area contributed by atoms with Crippen molar-refractivity contribution in [2.75, 3.05) is 0 Å². The van der Waals surface area contributed by atoms with E-state index >= 15 is 0 Å². The minimum absolute atomic E-state index is 0.297. The molecule has 0 heterocycles. The summed E-state index contributed by atoms with van der Waals surface area (Å²) < 4.78 is 1.07. The molecule has 0 bridgehead atoms. The number of aromatic hydroxyl groups is 1. The van der Waals surface area contributed by atoms with E-state index in [0.717, 1.165) is 15.6 Å². The van der Waals surface area contributed by atoms with Crippen LogP contribution in [0.5, 0.6) is 5.75 Å². The average Bonchev–Trinajstić information content (AvgIpc) is 2.34. The van der Waals surface area contributed by atoms with Gasteiger partial charge in [-0.1, -0.05) is 54.0 Å². The van der Waals surface area contributed by atoms with Crippen LogP contribution in [0.3, 0.4) is 0 Å². The molecule has 0 unspecified atom stereocenters. The van der Waals surface area contributed by atoms with Gasteiger partial charge in [0.25, 0.3) is 0 Å². The molecule has 16 heavy (non-hydrogen) atoms. The first-order valence-corrected chi connectivity index (χ1v) is 6.10. The highest BCUT2D eigenvalue weighted by atomic mass is 79.9. The van der Waals surface area contributed by atoms with Crippen LogP contribution >= 0.6 is 15.9 Å². The van der Waals surface area contributed by atoms with Gasteiger partial charge in [0.2, 0.25) is 0 Å². The largest absolute Gasteiger partial charge is 0.508 e. The van der Waals surface area contributed by atoms with E-state index in [4.69, 9.17) is 5.11 Å². The normalized spacial score (nSPS) is 9.19. The molecule has 0 aliphatic carbocycles. The van der Waals surface area contributed by atoms with Crippen LogP contribution in [0.25, 0.3) is 11.1 Å².